The first-order chi connectivity index (χ1) is 10.1. The van der Waals surface area contributed by atoms with Gasteiger partial charge in [0.05, 0.1) is 18.0 Å². The van der Waals surface area contributed by atoms with Crippen molar-refractivity contribution in [1.82, 2.24) is 15.2 Å². The second-order valence-electron chi connectivity index (χ2n) is 4.67. The molecule has 1 heterocycles. The van der Waals surface area contributed by atoms with Gasteiger partial charge in [0.25, 0.3) is 0 Å². The van der Waals surface area contributed by atoms with Gasteiger partial charge in [0.15, 0.2) is 0 Å². The molecule has 21 heavy (non-hydrogen) atoms. The number of hydrogen-bond acceptors (Lipinski definition) is 5. The molecule has 2 rings (SSSR count). The van der Waals surface area contributed by atoms with Crippen LogP contribution in [0.3, 0.4) is 0 Å². The van der Waals surface area contributed by atoms with Crippen LogP contribution in [-0.2, 0) is 28.9 Å². The number of nitrogens with zero attached hydrogens (tertiary/aromatic N) is 1. The average Bonchev–Trinajstić information content (AvgIpc) is 2.96. The summed E-state index contributed by atoms with van der Waals surface area (Å²) in [5.41, 5.74) is 2.39. The van der Waals surface area contributed by atoms with E-state index in [0.717, 1.165) is 24.2 Å². The van der Waals surface area contributed by atoms with Crippen LogP contribution in [0.15, 0.2) is 41.1 Å². The van der Waals surface area contributed by atoms with E-state index in [1.807, 2.05) is 31.2 Å². The zero-order valence-electron chi connectivity index (χ0n) is 11.9. The molecule has 0 unspecified atom stereocenters. The van der Waals surface area contributed by atoms with Gasteiger partial charge in [-0.2, -0.15) is 0 Å². The van der Waals surface area contributed by atoms with Gasteiger partial charge < -0.3 is 9.84 Å². The van der Waals surface area contributed by atoms with E-state index >= 15 is 0 Å². The third-order valence-corrected chi connectivity index (χ3v) is 4.19. The zero-order chi connectivity index (χ0) is 15.1. The minimum atomic E-state index is -3.40. The molecule has 1 aromatic carbocycles. The fraction of sp³-hybridized carbons (Fsp3) is 0.357. The minimum Gasteiger partial charge on any atom is -0.364 e. The van der Waals surface area contributed by atoms with Crippen LogP contribution in [0, 0.1) is 0 Å². The Bertz CT molecular complexity index is 654. The van der Waals surface area contributed by atoms with E-state index in [9.17, 15) is 8.42 Å². The van der Waals surface area contributed by atoms with Crippen molar-refractivity contribution >= 4 is 10.0 Å². The molecule has 0 fully saturated rings. The van der Waals surface area contributed by atoms with Crippen LogP contribution in [0.25, 0.3) is 0 Å². The van der Waals surface area contributed by atoms with E-state index in [0.29, 0.717) is 5.69 Å². The topological polar surface area (TPSA) is 84.2 Å². The number of benzene rings is 1. The molecule has 0 spiro atoms. The standard InChI is InChI=1S/C14H19N3O3S/c1-2-15-9-12-4-3-5-13(8-12)11-21(18,19)16-10-14-6-7-20-17-14/h3-8,15-16H,2,9-11H2,1H3. The molecule has 0 radical (unpaired) electrons. The third-order valence-electron chi connectivity index (χ3n) is 2.89. The molecule has 0 bridgehead atoms. The quantitative estimate of drug-likeness (QED) is 0.770. The smallest absolute Gasteiger partial charge is 0.216 e. The molecule has 0 saturated carbocycles. The Morgan fingerprint density at radius 2 is 2.00 bits per heavy atom. The zero-order valence-corrected chi connectivity index (χ0v) is 12.7. The maximum Gasteiger partial charge on any atom is 0.216 e. The summed E-state index contributed by atoms with van der Waals surface area (Å²) in [4.78, 5) is 0. The lowest BCUT2D eigenvalue weighted by molar-refractivity contribution is 0.411. The molecular weight excluding hydrogens is 290 g/mol. The van der Waals surface area contributed by atoms with E-state index in [1.165, 1.54) is 6.26 Å². The summed E-state index contributed by atoms with van der Waals surface area (Å²) in [5, 5.41) is 6.88. The molecule has 0 saturated heterocycles. The summed E-state index contributed by atoms with van der Waals surface area (Å²) in [7, 11) is -3.40. The van der Waals surface area contributed by atoms with Crippen molar-refractivity contribution in [2.24, 2.45) is 0 Å². The second-order valence-corrected chi connectivity index (χ2v) is 6.48. The average molecular weight is 309 g/mol. The fourth-order valence-electron chi connectivity index (χ4n) is 1.88. The highest BCUT2D eigenvalue weighted by atomic mass is 32.2. The summed E-state index contributed by atoms with van der Waals surface area (Å²) < 4.78 is 31.2. The van der Waals surface area contributed by atoms with Crippen molar-refractivity contribution in [3.05, 3.63) is 53.4 Å². The summed E-state index contributed by atoms with van der Waals surface area (Å²) in [6, 6.07) is 9.18. The van der Waals surface area contributed by atoms with Gasteiger partial charge in [0.2, 0.25) is 10.0 Å². The molecule has 0 aliphatic carbocycles. The van der Waals surface area contributed by atoms with Crippen LogP contribution in [0.5, 0.6) is 0 Å². The first kappa shape index (κ1) is 15.7. The molecule has 7 heteroatoms. The Morgan fingerprint density at radius 3 is 2.71 bits per heavy atom. The van der Waals surface area contributed by atoms with Gasteiger partial charge in [0.1, 0.15) is 6.26 Å². The highest BCUT2D eigenvalue weighted by Crippen LogP contribution is 2.09. The second kappa shape index (κ2) is 7.35. The highest BCUT2D eigenvalue weighted by Gasteiger charge is 2.12. The molecule has 6 nitrogen and oxygen atoms in total. The number of aromatic nitrogens is 1. The monoisotopic (exact) mass is 309 g/mol. The summed E-state index contributed by atoms with van der Waals surface area (Å²) in [5.74, 6) is -0.0508. The lowest BCUT2D eigenvalue weighted by atomic mass is 10.1. The van der Waals surface area contributed by atoms with Gasteiger partial charge >= 0.3 is 0 Å². The van der Waals surface area contributed by atoms with E-state index in [2.05, 4.69) is 19.7 Å². The summed E-state index contributed by atoms with van der Waals surface area (Å²) >= 11 is 0. The van der Waals surface area contributed by atoms with Crippen LogP contribution in [0.4, 0.5) is 0 Å². The van der Waals surface area contributed by atoms with Gasteiger partial charge in [-0.05, 0) is 17.7 Å². The van der Waals surface area contributed by atoms with Crippen LogP contribution in [-0.4, -0.2) is 20.1 Å². The van der Waals surface area contributed by atoms with Crippen molar-refractivity contribution in [2.75, 3.05) is 6.54 Å². The molecule has 0 aliphatic heterocycles. The normalized spacial score (nSPS) is 11.7. The predicted molar refractivity (Wildman–Crippen MR) is 79.8 cm³/mol. The Morgan fingerprint density at radius 1 is 1.19 bits per heavy atom. The maximum atomic E-state index is 12.0. The molecule has 0 aliphatic rings. The van der Waals surface area contributed by atoms with Crippen molar-refractivity contribution in [3.63, 3.8) is 0 Å². The van der Waals surface area contributed by atoms with E-state index < -0.39 is 10.0 Å². The van der Waals surface area contributed by atoms with Crippen molar-refractivity contribution in [2.45, 2.75) is 25.8 Å². The van der Waals surface area contributed by atoms with Crippen molar-refractivity contribution < 1.29 is 12.9 Å². The molecular formula is C14H19N3O3S. The van der Waals surface area contributed by atoms with E-state index in [1.54, 1.807) is 6.07 Å². The van der Waals surface area contributed by atoms with E-state index in [-0.39, 0.29) is 12.3 Å². The van der Waals surface area contributed by atoms with Gasteiger partial charge in [0, 0.05) is 12.6 Å². The van der Waals surface area contributed by atoms with Crippen LogP contribution < -0.4 is 10.0 Å². The van der Waals surface area contributed by atoms with Crippen LogP contribution >= 0.6 is 0 Å². The first-order valence-electron chi connectivity index (χ1n) is 6.74. The number of rotatable bonds is 8. The molecule has 114 valence electrons. The highest BCUT2D eigenvalue weighted by molar-refractivity contribution is 7.88. The van der Waals surface area contributed by atoms with Crippen LogP contribution in [0.1, 0.15) is 23.7 Å². The minimum absolute atomic E-state index is 0.0508. The Hall–Kier alpha value is -1.70. The SMILES string of the molecule is CCNCc1cccc(CS(=O)(=O)NCc2ccon2)c1. The molecule has 2 aromatic rings. The van der Waals surface area contributed by atoms with Crippen molar-refractivity contribution in [1.29, 1.82) is 0 Å². The molecule has 0 atom stereocenters. The van der Waals surface area contributed by atoms with Gasteiger partial charge in [-0.25, -0.2) is 13.1 Å². The number of hydrogen-bond donors (Lipinski definition) is 2. The maximum absolute atomic E-state index is 12.0. The lowest BCUT2D eigenvalue weighted by Crippen LogP contribution is -2.25. The van der Waals surface area contributed by atoms with Gasteiger partial charge in [-0.15, -0.1) is 0 Å². The van der Waals surface area contributed by atoms with Crippen LogP contribution in [0.2, 0.25) is 0 Å². The van der Waals surface area contributed by atoms with Gasteiger partial charge in [-0.3, -0.25) is 0 Å². The molecule has 0 amide bonds. The summed E-state index contributed by atoms with van der Waals surface area (Å²) in [6.45, 7) is 3.77. The summed E-state index contributed by atoms with van der Waals surface area (Å²) in [6.07, 6.45) is 1.41. The van der Waals surface area contributed by atoms with Crippen molar-refractivity contribution in [3.8, 4) is 0 Å². The lowest BCUT2D eigenvalue weighted by Gasteiger charge is -2.07. The Balaban J connectivity index is 1.95. The molecule has 1 aromatic heterocycles. The fourth-order valence-corrected chi connectivity index (χ4v) is 2.97. The predicted octanol–water partition coefficient (Wildman–Crippen LogP) is 1.40. The Kier molecular flexibility index (Phi) is 5.49. The number of sulfonamides is 1. The Labute approximate surface area is 124 Å². The van der Waals surface area contributed by atoms with E-state index in [4.69, 9.17) is 0 Å². The largest absolute Gasteiger partial charge is 0.364 e. The third kappa shape index (κ3) is 5.30. The number of nitrogens with one attached hydrogen (secondary N) is 2. The first-order valence-corrected chi connectivity index (χ1v) is 8.39. The van der Waals surface area contributed by atoms with Gasteiger partial charge in [-0.1, -0.05) is 36.3 Å². The molecule has 2 N–H and O–H groups in total.